The van der Waals surface area contributed by atoms with E-state index in [1.165, 1.54) is 19.4 Å². The Morgan fingerprint density at radius 1 is 1.53 bits per heavy atom. The molecule has 1 fully saturated rings. The van der Waals surface area contributed by atoms with Gasteiger partial charge in [0, 0.05) is 18.7 Å². The number of phenols is 1. The third-order valence-electron chi connectivity index (χ3n) is 3.67. The topological polar surface area (TPSA) is 40.5 Å². The van der Waals surface area contributed by atoms with Gasteiger partial charge in [0.1, 0.15) is 11.6 Å². The first-order valence-corrected chi connectivity index (χ1v) is 6.72. The number of carbonyl (C=O) groups is 1. The molecule has 0 spiro atoms. The molecule has 1 atom stereocenters. The first-order chi connectivity index (χ1) is 8.97. The zero-order chi connectivity index (χ0) is 14.0. The monoisotopic (exact) mass is 265 g/mol. The predicted octanol–water partition coefficient (Wildman–Crippen LogP) is 2.97. The molecule has 1 saturated heterocycles. The van der Waals surface area contributed by atoms with Crippen molar-refractivity contribution >= 4 is 5.78 Å². The lowest BCUT2D eigenvalue weighted by Gasteiger charge is -2.31. The van der Waals surface area contributed by atoms with Crippen molar-refractivity contribution in [3.8, 4) is 5.75 Å². The molecule has 0 aromatic heterocycles. The van der Waals surface area contributed by atoms with E-state index in [9.17, 15) is 14.3 Å². The van der Waals surface area contributed by atoms with E-state index in [1.54, 1.807) is 0 Å². The lowest BCUT2D eigenvalue weighted by molar-refractivity contribution is 0.101. The second kappa shape index (κ2) is 5.70. The maximum absolute atomic E-state index is 13.5. The Kier molecular flexibility index (Phi) is 4.20. The number of phenolic OH excluding ortho intramolecular Hbond substituents is 1. The van der Waals surface area contributed by atoms with Crippen molar-refractivity contribution < 1.29 is 14.3 Å². The molecule has 1 N–H and O–H groups in total. The van der Waals surface area contributed by atoms with Crippen LogP contribution in [0.4, 0.5) is 4.39 Å². The number of nitrogens with zero attached hydrogens (tertiary/aromatic N) is 1. The van der Waals surface area contributed by atoms with Gasteiger partial charge in [-0.15, -0.1) is 0 Å². The van der Waals surface area contributed by atoms with E-state index in [4.69, 9.17) is 0 Å². The molecule has 19 heavy (non-hydrogen) atoms. The van der Waals surface area contributed by atoms with E-state index in [-0.39, 0.29) is 17.1 Å². The smallest absolute Gasteiger partial charge is 0.163 e. The Balaban J connectivity index is 2.22. The number of ketones is 1. The average Bonchev–Trinajstić information content (AvgIpc) is 2.33. The summed E-state index contributed by atoms with van der Waals surface area (Å²) in [6.07, 6.45) is 2.33. The first-order valence-electron chi connectivity index (χ1n) is 6.72. The molecular weight excluding hydrogens is 245 g/mol. The number of Topliss-reactive ketones (excluding diaryl/α,β-unsaturated/α-hetero) is 1. The van der Waals surface area contributed by atoms with Crippen LogP contribution in [0.15, 0.2) is 12.1 Å². The third kappa shape index (κ3) is 3.32. The van der Waals surface area contributed by atoms with Gasteiger partial charge in [-0.25, -0.2) is 4.39 Å². The quantitative estimate of drug-likeness (QED) is 0.854. The highest BCUT2D eigenvalue weighted by Crippen LogP contribution is 2.27. The summed E-state index contributed by atoms with van der Waals surface area (Å²) in [6.45, 7) is 5.93. The summed E-state index contributed by atoms with van der Waals surface area (Å²) < 4.78 is 13.5. The molecule has 0 radical (unpaired) electrons. The largest absolute Gasteiger partial charge is 0.507 e. The van der Waals surface area contributed by atoms with Crippen LogP contribution in [-0.4, -0.2) is 28.9 Å². The van der Waals surface area contributed by atoms with Gasteiger partial charge in [-0.2, -0.15) is 0 Å². The molecule has 0 aliphatic carbocycles. The van der Waals surface area contributed by atoms with Gasteiger partial charge in [0.15, 0.2) is 5.78 Å². The highest BCUT2D eigenvalue weighted by Gasteiger charge is 2.20. The lowest BCUT2D eigenvalue weighted by Crippen LogP contribution is -2.33. The molecular formula is C15H20FNO2. The normalized spacial score (nSPS) is 20.5. The Morgan fingerprint density at radius 2 is 2.26 bits per heavy atom. The Hall–Kier alpha value is -1.42. The number of benzene rings is 1. The summed E-state index contributed by atoms with van der Waals surface area (Å²) in [5, 5.41) is 10.1. The number of likely N-dealkylation sites (tertiary alicyclic amines) is 1. The van der Waals surface area contributed by atoms with Crippen molar-refractivity contribution in [2.75, 3.05) is 13.1 Å². The molecule has 1 aliphatic rings. The summed E-state index contributed by atoms with van der Waals surface area (Å²) in [5.41, 5.74) is 0.569. The lowest BCUT2D eigenvalue weighted by atomic mass is 9.99. The second-order valence-corrected chi connectivity index (χ2v) is 5.50. The number of hydrogen-bond acceptors (Lipinski definition) is 3. The van der Waals surface area contributed by atoms with E-state index in [2.05, 4.69) is 11.8 Å². The minimum Gasteiger partial charge on any atom is -0.507 e. The van der Waals surface area contributed by atoms with Gasteiger partial charge in [-0.1, -0.05) is 6.92 Å². The second-order valence-electron chi connectivity index (χ2n) is 5.50. The molecule has 1 unspecified atom stereocenters. The average molecular weight is 265 g/mol. The number of hydrogen-bond donors (Lipinski definition) is 1. The van der Waals surface area contributed by atoms with Crippen LogP contribution in [0.3, 0.4) is 0 Å². The van der Waals surface area contributed by atoms with Crippen molar-refractivity contribution in [1.29, 1.82) is 0 Å². The highest BCUT2D eigenvalue weighted by molar-refractivity contribution is 5.97. The zero-order valence-corrected chi connectivity index (χ0v) is 11.4. The fraction of sp³-hybridized carbons (Fsp3) is 0.533. The van der Waals surface area contributed by atoms with Crippen LogP contribution in [0.1, 0.15) is 42.6 Å². The van der Waals surface area contributed by atoms with Crippen molar-refractivity contribution in [2.24, 2.45) is 5.92 Å². The van der Waals surface area contributed by atoms with Crippen LogP contribution in [0.25, 0.3) is 0 Å². The molecule has 1 heterocycles. The van der Waals surface area contributed by atoms with Gasteiger partial charge in [-0.05, 0) is 44.4 Å². The van der Waals surface area contributed by atoms with Crippen LogP contribution >= 0.6 is 0 Å². The summed E-state index contributed by atoms with van der Waals surface area (Å²) in [5.74, 6) is -0.239. The van der Waals surface area contributed by atoms with Crippen molar-refractivity contribution in [3.63, 3.8) is 0 Å². The molecule has 0 saturated carbocycles. The molecule has 0 bridgehead atoms. The van der Waals surface area contributed by atoms with Crippen molar-refractivity contribution in [1.82, 2.24) is 4.90 Å². The van der Waals surface area contributed by atoms with Gasteiger partial charge >= 0.3 is 0 Å². The predicted molar refractivity (Wildman–Crippen MR) is 71.7 cm³/mol. The van der Waals surface area contributed by atoms with E-state index < -0.39 is 5.82 Å². The first kappa shape index (κ1) is 14.0. The number of rotatable bonds is 3. The number of aromatic hydroxyl groups is 1. The van der Waals surface area contributed by atoms with E-state index in [1.807, 2.05) is 0 Å². The minimum absolute atomic E-state index is 0.0695. The van der Waals surface area contributed by atoms with E-state index in [0.717, 1.165) is 25.6 Å². The summed E-state index contributed by atoms with van der Waals surface area (Å²) >= 11 is 0. The molecule has 3 nitrogen and oxygen atoms in total. The van der Waals surface area contributed by atoms with Gasteiger partial charge in [-0.3, -0.25) is 9.69 Å². The van der Waals surface area contributed by atoms with Crippen LogP contribution in [0.2, 0.25) is 0 Å². The molecule has 1 aliphatic heterocycles. The fourth-order valence-electron chi connectivity index (χ4n) is 2.72. The SMILES string of the molecule is CC(=O)c1cc(F)cc(CN2CCCC(C)C2)c1O. The maximum Gasteiger partial charge on any atom is 0.163 e. The maximum atomic E-state index is 13.5. The van der Waals surface area contributed by atoms with Gasteiger partial charge in [0.2, 0.25) is 0 Å². The summed E-state index contributed by atoms with van der Waals surface area (Å²) in [4.78, 5) is 13.6. The van der Waals surface area contributed by atoms with Crippen LogP contribution in [0.5, 0.6) is 5.75 Å². The Morgan fingerprint density at radius 3 is 2.89 bits per heavy atom. The summed E-state index contributed by atoms with van der Waals surface area (Å²) in [7, 11) is 0. The standard InChI is InChI=1S/C15H20FNO2/c1-10-4-3-5-17(8-10)9-12-6-13(16)7-14(11(2)18)15(12)19/h6-7,10,19H,3-5,8-9H2,1-2H3. The number of piperidine rings is 1. The van der Waals surface area contributed by atoms with Crippen molar-refractivity contribution in [3.05, 3.63) is 29.1 Å². The van der Waals surface area contributed by atoms with Gasteiger partial charge in [0.05, 0.1) is 5.56 Å². The van der Waals surface area contributed by atoms with Gasteiger partial charge < -0.3 is 5.11 Å². The minimum atomic E-state index is -0.469. The fourth-order valence-corrected chi connectivity index (χ4v) is 2.72. The molecule has 1 aromatic carbocycles. The van der Waals surface area contributed by atoms with Crippen LogP contribution < -0.4 is 0 Å². The van der Waals surface area contributed by atoms with Crippen LogP contribution in [0, 0.1) is 11.7 Å². The molecule has 104 valence electrons. The number of carbonyl (C=O) groups excluding carboxylic acids is 1. The Bertz CT molecular complexity index is 487. The molecule has 0 amide bonds. The van der Waals surface area contributed by atoms with E-state index in [0.29, 0.717) is 18.0 Å². The van der Waals surface area contributed by atoms with Crippen LogP contribution in [-0.2, 0) is 6.54 Å². The van der Waals surface area contributed by atoms with Crippen molar-refractivity contribution in [2.45, 2.75) is 33.2 Å². The summed E-state index contributed by atoms with van der Waals surface area (Å²) in [6, 6.07) is 2.42. The molecule has 2 rings (SSSR count). The third-order valence-corrected chi connectivity index (χ3v) is 3.67. The van der Waals surface area contributed by atoms with Gasteiger partial charge in [0.25, 0.3) is 0 Å². The molecule has 1 aromatic rings. The number of halogens is 1. The molecule has 4 heteroatoms. The zero-order valence-electron chi connectivity index (χ0n) is 11.4. The van der Waals surface area contributed by atoms with E-state index >= 15 is 0 Å². The highest BCUT2D eigenvalue weighted by atomic mass is 19.1. The Labute approximate surface area is 113 Å².